The Balaban J connectivity index is 2.12. The van der Waals surface area contributed by atoms with Crippen LogP contribution >= 0.6 is 0 Å². The van der Waals surface area contributed by atoms with Crippen LogP contribution in [0.2, 0.25) is 0 Å². The highest BCUT2D eigenvalue weighted by atomic mass is 19.1. The summed E-state index contributed by atoms with van der Waals surface area (Å²) in [5, 5.41) is 3.44. The van der Waals surface area contributed by atoms with Gasteiger partial charge in [0.25, 0.3) is 0 Å². The van der Waals surface area contributed by atoms with Crippen molar-refractivity contribution in [2.75, 3.05) is 13.1 Å². The highest BCUT2D eigenvalue weighted by Crippen LogP contribution is 2.38. The predicted octanol–water partition coefficient (Wildman–Crippen LogP) is 4.48. The molecule has 0 radical (unpaired) electrons. The molecule has 1 fully saturated rings. The van der Waals surface area contributed by atoms with E-state index >= 15 is 0 Å². The Kier molecular flexibility index (Phi) is 5.53. The fourth-order valence-electron chi connectivity index (χ4n) is 3.22. The lowest BCUT2D eigenvalue weighted by atomic mass is 9.84. The molecule has 0 heterocycles. The molecule has 112 valence electrons. The molecule has 0 aliphatic heterocycles. The van der Waals surface area contributed by atoms with Crippen LogP contribution in [0.4, 0.5) is 8.78 Å². The van der Waals surface area contributed by atoms with E-state index in [2.05, 4.69) is 19.2 Å². The van der Waals surface area contributed by atoms with Gasteiger partial charge in [0, 0.05) is 18.5 Å². The number of halogens is 2. The van der Waals surface area contributed by atoms with Crippen molar-refractivity contribution in [1.82, 2.24) is 5.32 Å². The Morgan fingerprint density at radius 1 is 1.15 bits per heavy atom. The van der Waals surface area contributed by atoms with E-state index in [-0.39, 0.29) is 5.92 Å². The van der Waals surface area contributed by atoms with Crippen LogP contribution < -0.4 is 5.32 Å². The fraction of sp³-hybridized carbons (Fsp3) is 0.647. The number of rotatable bonds is 6. The average Bonchev–Trinajstić information content (AvgIpc) is 2.89. The molecule has 1 saturated carbocycles. The van der Waals surface area contributed by atoms with Gasteiger partial charge in [-0.2, -0.15) is 0 Å². The highest BCUT2D eigenvalue weighted by Gasteiger charge is 2.28. The summed E-state index contributed by atoms with van der Waals surface area (Å²) in [6.07, 6.45) is 4.78. The van der Waals surface area contributed by atoms with E-state index < -0.39 is 11.6 Å². The van der Waals surface area contributed by atoms with Crippen LogP contribution in [-0.2, 0) is 0 Å². The molecule has 3 heteroatoms. The van der Waals surface area contributed by atoms with Gasteiger partial charge in [0.15, 0.2) is 0 Å². The van der Waals surface area contributed by atoms with Crippen LogP contribution in [-0.4, -0.2) is 13.1 Å². The molecule has 1 aliphatic rings. The summed E-state index contributed by atoms with van der Waals surface area (Å²) >= 11 is 0. The summed E-state index contributed by atoms with van der Waals surface area (Å²) in [5.74, 6) is 0.378. The molecule has 1 atom stereocenters. The molecule has 0 amide bonds. The number of nitrogens with one attached hydrogen (secondary N) is 1. The minimum absolute atomic E-state index is 0.164. The molecule has 1 unspecified atom stereocenters. The van der Waals surface area contributed by atoms with Gasteiger partial charge >= 0.3 is 0 Å². The van der Waals surface area contributed by atoms with Gasteiger partial charge in [-0.15, -0.1) is 0 Å². The smallest absolute Gasteiger partial charge is 0.129 e. The summed E-state index contributed by atoms with van der Waals surface area (Å²) < 4.78 is 27.2. The topological polar surface area (TPSA) is 12.0 Å². The highest BCUT2D eigenvalue weighted by molar-refractivity contribution is 5.24. The second kappa shape index (κ2) is 7.16. The molecule has 0 bridgehead atoms. The zero-order chi connectivity index (χ0) is 14.5. The van der Waals surface area contributed by atoms with E-state index in [1.807, 2.05) is 0 Å². The Bertz CT molecular complexity index is 425. The Labute approximate surface area is 120 Å². The molecule has 2 rings (SSSR count). The van der Waals surface area contributed by atoms with E-state index in [4.69, 9.17) is 0 Å². The first kappa shape index (κ1) is 15.4. The van der Waals surface area contributed by atoms with Crippen molar-refractivity contribution < 1.29 is 8.78 Å². The monoisotopic (exact) mass is 281 g/mol. The molecule has 1 aromatic carbocycles. The van der Waals surface area contributed by atoms with Crippen LogP contribution in [0.15, 0.2) is 18.2 Å². The maximum absolute atomic E-state index is 14.1. The molecule has 0 spiro atoms. The van der Waals surface area contributed by atoms with Crippen molar-refractivity contribution in [2.24, 2.45) is 11.8 Å². The summed E-state index contributed by atoms with van der Waals surface area (Å²) in [6, 6.07) is 4.02. The number of benzene rings is 1. The minimum atomic E-state index is -0.494. The SMILES string of the molecule is CC(C)CNCC(c1ccc(F)cc1F)C1CCCC1. The Morgan fingerprint density at radius 3 is 2.45 bits per heavy atom. The van der Waals surface area contributed by atoms with E-state index in [1.54, 1.807) is 6.07 Å². The quantitative estimate of drug-likeness (QED) is 0.810. The molecule has 1 nitrogen and oxygen atoms in total. The van der Waals surface area contributed by atoms with Gasteiger partial charge < -0.3 is 5.32 Å². The molecule has 20 heavy (non-hydrogen) atoms. The van der Waals surface area contributed by atoms with Crippen molar-refractivity contribution in [3.8, 4) is 0 Å². The zero-order valence-electron chi connectivity index (χ0n) is 12.5. The summed E-state index contributed by atoms with van der Waals surface area (Å²) in [4.78, 5) is 0. The first-order chi connectivity index (χ1) is 9.58. The van der Waals surface area contributed by atoms with Gasteiger partial charge in [-0.25, -0.2) is 8.78 Å². The van der Waals surface area contributed by atoms with Gasteiger partial charge in [-0.3, -0.25) is 0 Å². The van der Waals surface area contributed by atoms with Gasteiger partial charge in [0.05, 0.1) is 0 Å². The maximum Gasteiger partial charge on any atom is 0.129 e. The Hall–Kier alpha value is -0.960. The maximum atomic E-state index is 14.1. The third-order valence-electron chi connectivity index (χ3n) is 4.25. The van der Waals surface area contributed by atoms with Crippen molar-refractivity contribution in [2.45, 2.75) is 45.4 Å². The number of hydrogen-bond donors (Lipinski definition) is 1. The van der Waals surface area contributed by atoms with Gasteiger partial charge in [0.1, 0.15) is 11.6 Å². The van der Waals surface area contributed by atoms with E-state index in [0.717, 1.165) is 32.0 Å². The van der Waals surface area contributed by atoms with Crippen molar-refractivity contribution >= 4 is 0 Å². The van der Waals surface area contributed by atoms with Gasteiger partial charge in [0.2, 0.25) is 0 Å². The average molecular weight is 281 g/mol. The van der Waals surface area contributed by atoms with Gasteiger partial charge in [-0.05, 0) is 42.9 Å². The standard InChI is InChI=1S/C17H25F2N/c1-12(2)10-20-11-16(13-5-3-4-6-13)15-8-7-14(18)9-17(15)19/h7-9,12-13,16,20H,3-6,10-11H2,1-2H3. The molecule has 1 N–H and O–H groups in total. The molecular formula is C17H25F2N. The second-order valence-corrected chi connectivity index (χ2v) is 6.37. The lowest BCUT2D eigenvalue weighted by Gasteiger charge is -2.25. The Morgan fingerprint density at radius 2 is 1.85 bits per heavy atom. The van der Waals surface area contributed by atoms with Crippen molar-refractivity contribution in [3.05, 3.63) is 35.4 Å². The third kappa shape index (κ3) is 4.02. The molecular weight excluding hydrogens is 256 g/mol. The predicted molar refractivity (Wildman–Crippen MR) is 78.8 cm³/mol. The molecule has 0 aromatic heterocycles. The second-order valence-electron chi connectivity index (χ2n) is 6.37. The van der Waals surface area contributed by atoms with Gasteiger partial charge in [-0.1, -0.05) is 32.8 Å². The van der Waals surface area contributed by atoms with Crippen LogP contribution in [0.3, 0.4) is 0 Å². The summed E-state index contributed by atoms with van der Waals surface area (Å²) in [5.41, 5.74) is 0.676. The first-order valence-corrected chi connectivity index (χ1v) is 7.73. The number of hydrogen-bond acceptors (Lipinski definition) is 1. The lowest BCUT2D eigenvalue weighted by molar-refractivity contribution is 0.388. The van der Waals surface area contributed by atoms with Crippen LogP contribution in [0.1, 0.15) is 51.0 Å². The molecule has 0 saturated heterocycles. The normalized spacial score (nSPS) is 17.9. The summed E-state index contributed by atoms with van der Waals surface area (Å²) in [7, 11) is 0. The van der Waals surface area contributed by atoms with Crippen LogP contribution in [0.25, 0.3) is 0 Å². The fourth-order valence-corrected chi connectivity index (χ4v) is 3.22. The van der Waals surface area contributed by atoms with Crippen LogP contribution in [0, 0.1) is 23.5 Å². The largest absolute Gasteiger partial charge is 0.316 e. The molecule has 1 aliphatic carbocycles. The van der Waals surface area contributed by atoms with E-state index in [9.17, 15) is 8.78 Å². The minimum Gasteiger partial charge on any atom is -0.316 e. The third-order valence-corrected chi connectivity index (χ3v) is 4.25. The zero-order valence-corrected chi connectivity index (χ0v) is 12.5. The summed E-state index contributed by atoms with van der Waals surface area (Å²) in [6.45, 7) is 6.05. The van der Waals surface area contributed by atoms with E-state index in [0.29, 0.717) is 17.4 Å². The van der Waals surface area contributed by atoms with Crippen LogP contribution in [0.5, 0.6) is 0 Å². The first-order valence-electron chi connectivity index (χ1n) is 7.73. The van der Waals surface area contributed by atoms with E-state index in [1.165, 1.54) is 18.9 Å². The molecule has 1 aromatic rings. The van der Waals surface area contributed by atoms with Crippen molar-refractivity contribution in [3.63, 3.8) is 0 Å². The van der Waals surface area contributed by atoms with Crippen molar-refractivity contribution in [1.29, 1.82) is 0 Å². The lowest BCUT2D eigenvalue weighted by Crippen LogP contribution is -2.29.